The lowest BCUT2D eigenvalue weighted by Crippen LogP contribution is -2.38. The van der Waals surface area contributed by atoms with Gasteiger partial charge in [0.05, 0.1) is 6.21 Å². The number of aryl methyl sites for hydroxylation is 1. The molecule has 0 aromatic heterocycles. The first-order valence-corrected chi connectivity index (χ1v) is 11.8. The summed E-state index contributed by atoms with van der Waals surface area (Å²) in [6, 6.07) is 21.9. The van der Waals surface area contributed by atoms with Crippen LogP contribution in [0.4, 0.5) is 5.69 Å². The first-order valence-electron chi connectivity index (χ1n) is 11.4. The summed E-state index contributed by atoms with van der Waals surface area (Å²) < 4.78 is 5.62. The van der Waals surface area contributed by atoms with Crippen molar-refractivity contribution in [3.8, 4) is 5.75 Å². The largest absolute Gasteiger partial charge is 0.483 e. The molecular formula is C27H27ClN4O4. The molecular weight excluding hydrogens is 480 g/mol. The van der Waals surface area contributed by atoms with Crippen LogP contribution in [0.25, 0.3) is 0 Å². The van der Waals surface area contributed by atoms with Crippen LogP contribution in [0.1, 0.15) is 23.6 Å². The van der Waals surface area contributed by atoms with E-state index in [1.807, 2.05) is 54.6 Å². The number of hydrogen-bond acceptors (Lipinski definition) is 5. The third kappa shape index (κ3) is 8.56. The average Bonchev–Trinajstić information content (AvgIpc) is 2.89. The molecule has 8 nitrogen and oxygen atoms in total. The van der Waals surface area contributed by atoms with E-state index in [9.17, 15) is 14.4 Å². The molecule has 3 aromatic carbocycles. The highest BCUT2D eigenvalue weighted by Gasteiger charge is 2.12. The summed E-state index contributed by atoms with van der Waals surface area (Å²) >= 11 is 6.06. The van der Waals surface area contributed by atoms with Crippen LogP contribution in [-0.4, -0.2) is 37.1 Å². The Balaban J connectivity index is 1.49. The molecule has 0 atom stereocenters. The van der Waals surface area contributed by atoms with Gasteiger partial charge >= 0.3 is 11.8 Å². The van der Waals surface area contributed by atoms with E-state index in [4.69, 9.17) is 16.3 Å². The third-order valence-electron chi connectivity index (χ3n) is 5.09. The maximum atomic E-state index is 12.3. The topological polar surface area (TPSA) is 109 Å². The monoisotopic (exact) mass is 506 g/mol. The van der Waals surface area contributed by atoms with E-state index in [0.29, 0.717) is 35.0 Å². The molecule has 0 radical (unpaired) electrons. The maximum absolute atomic E-state index is 12.3. The Morgan fingerprint density at radius 1 is 0.944 bits per heavy atom. The van der Waals surface area contributed by atoms with Gasteiger partial charge in [-0.25, -0.2) is 5.43 Å². The number of benzene rings is 3. The Kier molecular flexibility index (Phi) is 10.0. The molecule has 0 saturated heterocycles. The van der Waals surface area contributed by atoms with Crippen molar-refractivity contribution in [2.45, 2.75) is 19.8 Å². The molecule has 0 saturated carbocycles. The van der Waals surface area contributed by atoms with Crippen molar-refractivity contribution in [3.63, 3.8) is 0 Å². The number of carbonyl (C=O) groups excluding carboxylic acids is 3. The van der Waals surface area contributed by atoms with Gasteiger partial charge in [0, 0.05) is 22.8 Å². The fraction of sp³-hybridized carbons (Fsp3) is 0.185. The number of nitrogens with zero attached hydrogens (tertiary/aromatic N) is 1. The van der Waals surface area contributed by atoms with E-state index in [1.165, 1.54) is 11.8 Å². The first-order chi connectivity index (χ1) is 17.4. The minimum absolute atomic E-state index is 0.242. The van der Waals surface area contributed by atoms with Gasteiger partial charge in [0.1, 0.15) is 5.75 Å². The highest BCUT2D eigenvalue weighted by molar-refractivity contribution is 6.35. The van der Waals surface area contributed by atoms with Crippen LogP contribution in [0.3, 0.4) is 0 Å². The number of halogens is 1. The predicted octanol–water partition coefficient (Wildman–Crippen LogP) is 3.73. The van der Waals surface area contributed by atoms with Gasteiger partial charge in [0.15, 0.2) is 6.61 Å². The molecule has 3 rings (SSSR count). The zero-order chi connectivity index (χ0) is 25.8. The van der Waals surface area contributed by atoms with Crippen molar-refractivity contribution < 1.29 is 19.1 Å². The molecule has 3 amide bonds. The molecule has 0 aliphatic heterocycles. The van der Waals surface area contributed by atoms with Crippen LogP contribution in [0, 0.1) is 0 Å². The summed E-state index contributed by atoms with van der Waals surface area (Å²) in [7, 11) is 0. The van der Waals surface area contributed by atoms with Gasteiger partial charge in [-0.15, -0.1) is 0 Å². The summed E-state index contributed by atoms with van der Waals surface area (Å²) in [5.41, 5.74) is 5.49. The minimum atomic E-state index is -0.905. The van der Waals surface area contributed by atoms with Crippen molar-refractivity contribution in [2.24, 2.45) is 5.10 Å². The zero-order valence-electron chi connectivity index (χ0n) is 19.8. The molecule has 0 bridgehead atoms. The van der Waals surface area contributed by atoms with E-state index < -0.39 is 11.8 Å². The number of hydrazone groups is 1. The lowest BCUT2D eigenvalue weighted by Gasteiger charge is -2.10. The standard InChI is InChI=1S/C27H27ClN4O4/c1-2-19-8-11-23(12-9-19)31-25(33)18-36-24-13-10-22(28)16-21(24)17-30-32-27(35)26(34)29-15-14-20-6-4-3-5-7-20/h3-13,16-17H,2,14-15,18H2,1H3,(H,29,34)(H,31,33)(H,32,35)/b30-17-. The zero-order valence-corrected chi connectivity index (χ0v) is 20.5. The highest BCUT2D eigenvalue weighted by Crippen LogP contribution is 2.21. The quantitative estimate of drug-likeness (QED) is 0.221. The second kappa shape index (κ2) is 13.7. The van der Waals surface area contributed by atoms with Crippen molar-refractivity contribution in [2.75, 3.05) is 18.5 Å². The number of nitrogens with one attached hydrogen (secondary N) is 3. The number of ether oxygens (including phenoxy) is 1. The summed E-state index contributed by atoms with van der Waals surface area (Å²) in [4.78, 5) is 36.3. The van der Waals surface area contributed by atoms with Gasteiger partial charge in [-0.05, 0) is 54.3 Å². The molecule has 0 aliphatic carbocycles. The number of hydrogen-bond donors (Lipinski definition) is 3. The summed E-state index contributed by atoms with van der Waals surface area (Å²) in [6.07, 6.45) is 2.80. The van der Waals surface area contributed by atoms with Gasteiger partial charge in [-0.2, -0.15) is 5.10 Å². The number of amides is 3. The summed E-state index contributed by atoms with van der Waals surface area (Å²) in [5.74, 6) is -1.70. The van der Waals surface area contributed by atoms with E-state index in [-0.39, 0.29) is 12.5 Å². The molecule has 3 N–H and O–H groups in total. The van der Waals surface area contributed by atoms with Crippen LogP contribution in [0.15, 0.2) is 77.9 Å². The summed E-state index contributed by atoms with van der Waals surface area (Å²) in [5, 5.41) is 9.54. The molecule has 0 unspecified atom stereocenters. The average molecular weight is 507 g/mol. The highest BCUT2D eigenvalue weighted by atomic mass is 35.5. The lowest BCUT2D eigenvalue weighted by molar-refractivity contribution is -0.139. The van der Waals surface area contributed by atoms with Crippen molar-refractivity contribution >= 4 is 41.2 Å². The van der Waals surface area contributed by atoms with Crippen LogP contribution < -0.4 is 20.8 Å². The van der Waals surface area contributed by atoms with E-state index in [2.05, 4.69) is 28.1 Å². The number of rotatable bonds is 10. The Morgan fingerprint density at radius 3 is 2.42 bits per heavy atom. The third-order valence-corrected chi connectivity index (χ3v) is 5.33. The van der Waals surface area contributed by atoms with Gasteiger partial charge in [0.2, 0.25) is 0 Å². The van der Waals surface area contributed by atoms with Crippen molar-refractivity contribution in [1.82, 2.24) is 10.7 Å². The summed E-state index contributed by atoms with van der Waals surface area (Å²) in [6.45, 7) is 2.13. The molecule has 0 fully saturated rings. The molecule has 0 aliphatic rings. The Bertz CT molecular complexity index is 1210. The fourth-order valence-corrected chi connectivity index (χ4v) is 3.35. The first kappa shape index (κ1) is 26.4. The lowest BCUT2D eigenvalue weighted by atomic mass is 10.1. The van der Waals surface area contributed by atoms with Crippen LogP contribution >= 0.6 is 11.6 Å². The molecule has 36 heavy (non-hydrogen) atoms. The van der Waals surface area contributed by atoms with Gasteiger partial charge in [0.25, 0.3) is 5.91 Å². The van der Waals surface area contributed by atoms with Gasteiger partial charge in [-0.1, -0.05) is 61.0 Å². The minimum Gasteiger partial charge on any atom is -0.483 e. The fourth-order valence-electron chi connectivity index (χ4n) is 3.17. The van der Waals surface area contributed by atoms with E-state index in [0.717, 1.165) is 12.0 Å². The number of carbonyl (C=O) groups is 3. The normalized spacial score (nSPS) is 10.6. The Hall–Kier alpha value is -4.17. The van der Waals surface area contributed by atoms with Gasteiger partial charge < -0.3 is 15.4 Å². The Morgan fingerprint density at radius 2 is 1.69 bits per heavy atom. The van der Waals surface area contributed by atoms with Crippen LogP contribution in [0.5, 0.6) is 5.75 Å². The van der Waals surface area contributed by atoms with Crippen LogP contribution in [-0.2, 0) is 27.2 Å². The molecule has 0 spiro atoms. The second-order valence-electron chi connectivity index (χ2n) is 7.76. The predicted molar refractivity (Wildman–Crippen MR) is 140 cm³/mol. The smallest absolute Gasteiger partial charge is 0.329 e. The van der Waals surface area contributed by atoms with E-state index >= 15 is 0 Å². The van der Waals surface area contributed by atoms with Crippen molar-refractivity contribution in [3.05, 3.63) is 94.5 Å². The molecule has 186 valence electrons. The maximum Gasteiger partial charge on any atom is 0.329 e. The molecule has 0 heterocycles. The molecule has 3 aromatic rings. The molecule has 9 heteroatoms. The SMILES string of the molecule is CCc1ccc(NC(=O)COc2ccc(Cl)cc2/C=N\NC(=O)C(=O)NCCc2ccccc2)cc1. The number of anilines is 1. The van der Waals surface area contributed by atoms with Crippen LogP contribution in [0.2, 0.25) is 5.02 Å². The van der Waals surface area contributed by atoms with Crippen molar-refractivity contribution in [1.29, 1.82) is 0 Å². The Labute approximate surface area is 214 Å². The van der Waals surface area contributed by atoms with E-state index in [1.54, 1.807) is 18.2 Å². The van der Waals surface area contributed by atoms with Gasteiger partial charge in [-0.3, -0.25) is 14.4 Å². The second-order valence-corrected chi connectivity index (χ2v) is 8.20.